The Labute approximate surface area is 868 Å². The van der Waals surface area contributed by atoms with Gasteiger partial charge in [-0.1, -0.05) is 145 Å². The van der Waals surface area contributed by atoms with Crippen molar-refractivity contribution in [1.82, 2.24) is 40.3 Å². The monoisotopic (exact) mass is 2030 g/mol. The van der Waals surface area contributed by atoms with Gasteiger partial charge in [0.15, 0.2) is 69.1 Å². The number of aryl methyl sites for hydroxylation is 1. The summed E-state index contributed by atoms with van der Waals surface area (Å²) in [5.74, 6) is 9.09. The van der Waals surface area contributed by atoms with Crippen molar-refractivity contribution in [2.75, 3.05) is 46.7 Å². The predicted octanol–water partition coefficient (Wildman–Crippen LogP) is 21.4. The number of hydrogen-bond acceptors (Lipinski definition) is 27. The van der Waals surface area contributed by atoms with Gasteiger partial charge >= 0.3 is 6.29 Å². The number of methoxy groups -OCH3 is 2. The van der Waals surface area contributed by atoms with Gasteiger partial charge in [-0.2, -0.15) is 20.4 Å². The number of para-hydroxylation sites is 3. The van der Waals surface area contributed by atoms with Gasteiger partial charge in [0, 0.05) is 78.1 Å². The highest BCUT2D eigenvalue weighted by molar-refractivity contribution is 6.31. The van der Waals surface area contributed by atoms with E-state index in [1.165, 1.54) is 24.6 Å². The number of rotatable bonds is 32. The van der Waals surface area contributed by atoms with Crippen molar-refractivity contribution < 1.29 is 94.4 Å². The molecule has 0 amide bonds. The number of benzene rings is 10. The van der Waals surface area contributed by atoms with Gasteiger partial charge in [0.05, 0.1) is 94.7 Å². The SMILES string of the molecule is CC(=O)c1cccc(-c2nc(CC(=O)C3(c4ccc5c(c4)OC(F)(F)O5)CC3)ncc2C)c1.COc1ccccc1Cc1cc(CC(=O)C2(c3ccc4c(c3)OCO4)CC2)ccn1.COc1ccccc1Nc1ccc(CC(=O)C2(c3ccc4c(c3)OCO4)CC2)cn1.O=C(Cc1ccc(Cc2ccccc2)nn1)C1(c2ccc3c(c2)OCO3)CC1.O=C(Cc1ccc(Cc2ccccc2Cl)nn1)C1(c2ccc3c(c2)OCO3)CC1. The summed E-state index contributed by atoms with van der Waals surface area (Å²) < 4.78 is 89.9. The van der Waals surface area contributed by atoms with E-state index in [1.54, 1.807) is 57.1 Å². The number of Topliss-reactive ketones (excluding diaryl/α,β-unsaturated/α-hetero) is 6. The lowest BCUT2D eigenvalue weighted by Crippen LogP contribution is -2.26. The molecule has 0 atom stereocenters. The summed E-state index contributed by atoms with van der Waals surface area (Å²) in [5, 5.41) is 21.1. The van der Waals surface area contributed by atoms with E-state index in [0.717, 1.165) is 188 Å². The van der Waals surface area contributed by atoms with Crippen LogP contribution in [0.25, 0.3) is 11.3 Å². The van der Waals surface area contributed by atoms with Crippen molar-refractivity contribution in [3.63, 3.8) is 0 Å². The Morgan fingerprint density at radius 2 is 0.793 bits per heavy atom. The van der Waals surface area contributed by atoms with Crippen LogP contribution in [0.3, 0.4) is 0 Å². The smallest absolute Gasteiger partial charge is 0.496 e. The second kappa shape index (κ2) is 42.3. The number of aromatic nitrogens is 8. The number of ether oxygens (including phenoxy) is 12. The third kappa shape index (κ3) is 21.9. The Hall–Kier alpha value is -16.7. The van der Waals surface area contributed by atoms with Crippen molar-refractivity contribution >= 4 is 57.8 Å². The summed E-state index contributed by atoms with van der Waals surface area (Å²) >= 11 is 6.22. The highest BCUT2D eigenvalue weighted by atomic mass is 35.5. The fraction of sp³-hybridized carbons (Fsp3) is 0.267. The molecule has 15 aromatic rings. The van der Waals surface area contributed by atoms with Crippen LogP contribution in [-0.4, -0.2) is 123 Å². The summed E-state index contributed by atoms with van der Waals surface area (Å²) in [6, 6.07) is 83.9. The zero-order valence-corrected chi connectivity index (χ0v) is 83.5. The molecule has 5 aliphatic heterocycles. The molecule has 0 radical (unpaired) electrons. The summed E-state index contributed by atoms with van der Waals surface area (Å²) in [6.45, 7) is 4.32. The molecule has 5 saturated carbocycles. The molecule has 30 heteroatoms. The molecule has 0 spiro atoms. The number of hydrogen-bond donors (Lipinski definition) is 1. The van der Waals surface area contributed by atoms with Crippen LogP contribution in [0, 0.1) is 6.92 Å². The Morgan fingerprint density at radius 3 is 1.29 bits per heavy atom. The third-order valence-electron chi connectivity index (χ3n) is 29.1. The molecule has 5 aromatic heterocycles. The summed E-state index contributed by atoms with van der Waals surface area (Å²) in [6.07, 6.45) is 13.0. The average Bonchev–Trinajstić information content (AvgIpc) is 1.59. The minimum atomic E-state index is -3.70. The summed E-state index contributed by atoms with van der Waals surface area (Å²) in [5.41, 5.74) is 15.2. The van der Waals surface area contributed by atoms with Crippen molar-refractivity contribution in [2.24, 2.45) is 0 Å². The third-order valence-corrected chi connectivity index (χ3v) is 29.5. The van der Waals surface area contributed by atoms with Crippen molar-refractivity contribution in [2.45, 2.75) is 163 Å². The van der Waals surface area contributed by atoms with E-state index in [2.05, 4.69) is 67.3 Å². The first-order chi connectivity index (χ1) is 72.9. The van der Waals surface area contributed by atoms with Crippen molar-refractivity contribution in [3.05, 3.63) is 392 Å². The lowest BCUT2D eigenvalue weighted by atomic mass is 9.87. The number of nitrogens with zero attached hydrogens (tertiary/aromatic N) is 8. The quantitative estimate of drug-likeness (QED) is 0.0383. The maximum absolute atomic E-state index is 13.4. The van der Waals surface area contributed by atoms with Crippen LogP contribution >= 0.6 is 11.6 Å². The number of nitrogens with one attached hydrogen (secondary N) is 1. The van der Waals surface area contributed by atoms with E-state index in [1.807, 2.05) is 225 Å². The van der Waals surface area contributed by atoms with Crippen LogP contribution in [0.1, 0.15) is 177 Å². The highest BCUT2D eigenvalue weighted by Crippen LogP contribution is 2.58. The van der Waals surface area contributed by atoms with Gasteiger partial charge in [0.2, 0.25) is 27.2 Å². The number of carbonyl (C=O) groups excluding carboxylic acids is 6. The molecule has 150 heavy (non-hydrogen) atoms. The first kappa shape index (κ1) is 99.3. The number of ketones is 6. The van der Waals surface area contributed by atoms with Crippen LogP contribution < -0.4 is 62.2 Å². The lowest BCUT2D eigenvalue weighted by Gasteiger charge is -2.15. The normalized spacial score (nSPS) is 16.0. The second-order valence-corrected chi connectivity index (χ2v) is 39.4. The van der Waals surface area contributed by atoms with Gasteiger partial charge in [-0.15, -0.1) is 8.78 Å². The molecule has 0 saturated heterocycles. The fourth-order valence-electron chi connectivity index (χ4n) is 19.8. The summed E-state index contributed by atoms with van der Waals surface area (Å²) in [4.78, 5) is 95.4. The van der Waals surface area contributed by atoms with Crippen molar-refractivity contribution in [3.8, 4) is 80.3 Å². The molecule has 5 aliphatic carbocycles. The Balaban J connectivity index is 0.000000110. The maximum atomic E-state index is 13.4. The first-order valence-electron chi connectivity index (χ1n) is 49.8. The number of halogens is 3. The van der Waals surface area contributed by atoms with E-state index in [9.17, 15) is 37.5 Å². The van der Waals surface area contributed by atoms with Crippen LogP contribution in [0.4, 0.5) is 20.3 Å². The number of pyridine rings is 2. The van der Waals surface area contributed by atoms with Crippen LogP contribution in [-0.2, 0) is 102 Å². The summed E-state index contributed by atoms with van der Waals surface area (Å²) in [7, 11) is 3.31. The highest BCUT2D eigenvalue weighted by Gasteiger charge is 2.56. The molecule has 10 aromatic carbocycles. The largest absolute Gasteiger partial charge is 0.586 e. The second-order valence-electron chi connectivity index (χ2n) is 38.9. The van der Waals surface area contributed by atoms with Crippen LogP contribution in [0.5, 0.6) is 69.0 Å². The van der Waals surface area contributed by atoms with Crippen molar-refractivity contribution in [1.29, 1.82) is 0 Å². The number of carbonyl (C=O) groups is 6. The Bertz CT molecular complexity index is 7670. The topological polar surface area (TPSA) is 328 Å². The minimum Gasteiger partial charge on any atom is -0.496 e. The molecular formula is C120H104ClF2N9O18. The van der Waals surface area contributed by atoms with E-state index < -0.39 is 33.4 Å². The first-order valence-corrected chi connectivity index (χ1v) is 50.2. The maximum Gasteiger partial charge on any atom is 0.586 e. The zero-order valence-electron chi connectivity index (χ0n) is 82.8. The molecule has 10 heterocycles. The van der Waals surface area contributed by atoms with E-state index >= 15 is 0 Å². The van der Waals surface area contributed by atoms with Gasteiger partial charge in [0.1, 0.15) is 46.3 Å². The van der Waals surface area contributed by atoms with Crippen LogP contribution in [0.15, 0.2) is 286 Å². The molecule has 10 aliphatic rings. The molecule has 1 N–H and O–H groups in total. The average molecular weight is 2030 g/mol. The minimum absolute atomic E-state index is 0.00425. The molecule has 25 rings (SSSR count). The molecule has 0 bridgehead atoms. The molecular weight excluding hydrogens is 1930 g/mol. The molecule has 758 valence electrons. The van der Waals surface area contributed by atoms with Gasteiger partial charge in [-0.3, -0.25) is 33.8 Å². The predicted molar refractivity (Wildman–Crippen MR) is 551 cm³/mol. The number of anilines is 2. The standard InChI is InChI=1S/C25H20F2N2O4.C25H23NO4.C24H22N2O4.C23H19ClN2O3.C23H20N2O3/c1-14-13-28-22(29-23(14)17-5-3-4-16(10-17)15(2)30)12-21(31)24(8-9-24)18-6-7-19-20(11-18)33-25(26,27)32-19;1-28-21-5-3-2-4-18(21)14-20-12-17(8-11-26-20)13-24(27)25(9-10-25)19-6-7-22-23(15-19)30-16-29-22;1-28-19-5-3-2-4-18(19)26-23-9-6-16(14-25-23)12-22(27)24(10-11-24)17-7-8-20-21(13-17)30-15-29-20;24-19-4-2-1-3-15(19)11-17-6-7-18(26-25-17)13-22(27)23(9-10-23)16-5-8-20-21(12-16)29-14-28-20;26-22(23(10-11-23)17-6-9-20-21(13-17)28-15-27-20)14-19-8-7-18(24-25-19)12-16-4-2-1-3-5-16/h3-7,10-11,13H,8-9,12H2,1-2H3;2-8,11-12,15H,9-10,13-14,16H2,1H3;2-9,13-14H,10-12,15H2,1H3,(H,25,26);1-8,12H,9-11,13-14H2;1-9,13H,10-12,14-15H2. The Kier molecular flexibility index (Phi) is 28.0. The lowest BCUT2D eigenvalue weighted by molar-refractivity contribution is -0.286. The zero-order chi connectivity index (χ0) is 103. The van der Waals surface area contributed by atoms with Crippen LogP contribution in [0.2, 0.25) is 5.02 Å². The number of alkyl halides is 2. The molecule has 0 unspecified atom stereocenters. The van der Waals surface area contributed by atoms with Gasteiger partial charge in [0.25, 0.3) is 0 Å². The van der Waals surface area contributed by atoms with Gasteiger partial charge < -0.3 is 62.2 Å². The number of fused-ring (bicyclic) bond motifs is 5. The van der Waals surface area contributed by atoms with Gasteiger partial charge in [-0.05, 0) is 267 Å². The van der Waals surface area contributed by atoms with E-state index in [4.69, 9.17) is 59.0 Å². The molecule has 27 nitrogen and oxygen atoms in total. The van der Waals surface area contributed by atoms with E-state index in [-0.39, 0.29) is 86.2 Å². The Morgan fingerprint density at radius 1 is 0.360 bits per heavy atom. The molecule has 5 fully saturated rings. The van der Waals surface area contributed by atoms with E-state index in [0.29, 0.717) is 95.6 Å². The van der Waals surface area contributed by atoms with Gasteiger partial charge in [-0.25, -0.2) is 15.0 Å². The fourth-order valence-corrected chi connectivity index (χ4v) is 20.0.